The van der Waals surface area contributed by atoms with Gasteiger partial charge in [0, 0.05) is 23.6 Å². The van der Waals surface area contributed by atoms with E-state index in [1.165, 1.54) is 18.5 Å². The minimum absolute atomic E-state index is 0.0630. The van der Waals surface area contributed by atoms with Crippen LogP contribution in [0.3, 0.4) is 0 Å². The monoisotopic (exact) mass is 439 g/mol. The number of hydroxylamine groups is 1. The number of fused-ring (bicyclic) bond motifs is 1. The highest BCUT2D eigenvalue weighted by atomic mass is 19.1. The molecular weight excluding hydrogens is 417 g/mol. The molecule has 10 heteroatoms. The summed E-state index contributed by atoms with van der Waals surface area (Å²) in [5.41, 5.74) is 3.10. The fourth-order valence-corrected chi connectivity index (χ4v) is 2.90. The first-order valence-electron chi connectivity index (χ1n) is 9.74. The van der Waals surface area contributed by atoms with E-state index in [2.05, 4.69) is 27.2 Å². The zero-order chi connectivity index (χ0) is 23.1. The molecule has 0 saturated heterocycles. The van der Waals surface area contributed by atoms with Gasteiger partial charge in [0.15, 0.2) is 0 Å². The molecule has 0 aliphatic heterocycles. The molecule has 1 aromatic heterocycles. The second kappa shape index (κ2) is 10.3. The molecule has 32 heavy (non-hydrogen) atoms. The van der Waals surface area contributed by atoms with Crippen LogP contribution >= 0.6 is 0 Å². The Hall–Kier alpha value is -4.05. The van der Waals surface area contributed by atoms with Crippen LogP contribution in [0.1, 0.15) is 19.8 Å². The van der Waals surface area contributed by atoms with E-state index in [4.69, 9.17) is 9.94 Å². The zero-order valence-corrected chi connectivity index (χ0v) is 17.3. The van der Waals surface area contributed by atoms with Gasteiger partial charge in [0.2, 0.25) is 11.8 Å². The molecule has 166 valence electrons. The summed E-state index contributed by atoms with van der Waals surface area (Å²) in [5, 5.41) is 15.0. The minimum Gasteiger partial charge on any atom is -0.488 e. The van der Waals surface area contributed by atoms with Gasteiger partial charge in [-0.2, -0.15) is 0 Å². The van der Waals surface area contributed by atoms with Gasteiger partial charge in [0.05, 0.1) is 17.3 Å². The first kappa shape index (κ1) is 22.6. The van der Waals surface area contributed by atoms with Crippen molar-refractivity contribution in [2.24, 2.45) is 0 Å². The molecule has 0 radical (unpaired) electrons. The smallest absolute Gasteiger partial charge is 0.247 e. The fourth-order valence-electron chi connectivity index (χ4n) is 2.90. The fraction of sp³-hybridized carbons (Fsp3) is 0.182. The van der Waals surface area contributed by atoms with Gasteiger partial charge in [-0.1, -0.05) is 6.58 Å². The van der Waals surface area contributed by atoms with Crippen LogP contribution in [-0.4, -0.2) is 33.1 Å². The second-order valence-electron chi connectivity index (χ2n) is 6.92. The number of carbonyl (C=O) groups excluding carboxylic acids is 2. The van der Waals surface area contributed by atoms with Crippen LogP contribution in [0.15, 0.2) is 55.4 Å². The number of ether oxygens (including phenoxy) is 1. The molecule has 1 heterocycles. The molecule has 0 spiro atoms. The number of carbonyl (C=O) groups is 2. The highest BCUT2D eigenvalue weighted by molar-refractivity contribution is 6.03. The van der Waals surface area contributed by atoms with Gasteiger partial charge in [-0.15, -0.1) is 0 Å². The summed E-state index contributed by atoms with van der Waals surface area (Å²) in [5.74, 6) is -0.523. The van der Waals surface area contributed by atoms with Crippen LogP contribution in [0.4, 0.5) is 21.6 Å². The van der Waals surface area contributed by atoms with Gasteiger partial charge in [-0.25, -0.2) is 19.8 Å². The molecule has 0 saturated carbocycles. The van der Waals surface area contributed by atoms with Crippen molar-refractivity contribution < 1.29 is 23.9 Å². The summed E-state index contributed by atoms with van der Waals surface area (Å²) in [6.07, 6.45) is 2.49. The molecular formula is C22H22FN5O4. The van der Waals surface area contributed by atoms with Crippen molar-refractivity contribution in [3.05, 3.63) is 61.2 Å². The summed E-state index contributed by atoms with van der Waals surface area (Å²) in [6, 6.07) is 9.10. The van der Waals surface area contributed by atoms with Crippen LogP contribution in [0.2, 0.25) is 0 Å². The molecule has 0 aliphatic rings. The van der Waals surface area contributed by atoms with E-state index in [9.17, 15) is 14.0 Å². The Labute approximate surface area is 183 Å². The van der Waals surface area contributed by atoms with Gasteiger partial charge in [-0.05, 0) is 49.8 Å². The van der Waals surface area contributed by atoms with Gasteiger partial charge in [0.1, 0.15) is 23.7 Å². The lowest BCUT2D eigenvalue weighted by Crippen LogP contribution is -2.22. The molecule has 1 unspecified atom stereocenters. The maximum Gasteiger partial charge on any atom is 0.247 e. The van der Waals surface area contributed by atoms with Crippen molar-refractivity contribution in [2.45, 2.75) is 25.9 Å². The van der Waals surface area contributed by atoms with Gasteiger partial charge >= 0.3 is 0 Å². The average molecular weight is 439 g/mol. The third-order valence-electron chi connectivity index (χ3n) is 4.52. The standard InChI is InChI=1S/C22H22FN5O4/c1-3-20(29)27-18-10-16-17(11-19(18)32-13(2)4-9-21(30)28-31)24-12-25-22(16)26-15-7-5-14(23)6-8-15/h3,5-8,10-13,31H,1,4,9H2,2H3,(H,27,29)(H,28,30)(H,24,25,26). The molecule has 2 aromatic carbocycles. The number of nitrogens with one attached hydrogen (secondary N) is 3. The second-order valence-corrected chi connectivity index (χ2v) is 6.92. The average Bonchev–Trinajstić information content (AvgIpc) is 2.79. The topological polar surface area (TPSA) is 125 Å². The van der Waals surface area contributed by atoms with Crippen LogP contribution in [0, 0.1) is 5.82 Å². The van der Waals surface area contributed by atoms with Crippen LogP contribution in [-0.2, 0) is 9.59 Å². The quantitative estimate of drug-likeness (QED) is 0.228. The van der Waals surface area contributed by atoms with E-state index >= 15 is 0 Å². The molecule has 4 N–H and O–H groups in total. The normalized spacial score (nSPS) is 11.5. The minimum atomic E-state index is -0.525. The number of rotatable bonds is 9. The number of aromatic nitrogens is 2. The predicted octanol–water partition coefficient (Wildman–Crippen LogP) is 3.69. The van der Waals surface area contributed by atoms with Gasteiger partial charge in [-0.3, -0.25) is 14.8 Å². The largest absolute Gasteiger partial charge is 0.488 e. The van der Waals surface area contributed by atoms with Crippen molar-refractivity contribution in [1.29, 1.82) is 0 Å². The maximum atomic E-state index is 13.2. The highest BCUT2D eigenvalue weighted by Gasteiger charge is 2.16. The van der Waals surface area contributed by atoms with E-state index in [1.807, 2.05) is 0 Å². The van der Waals surface area contributed by atoms with Crippen LogP contribution < -0.4 is 20.9 Å². The molecule has 3 rings (SSSR count). The Morgan fingerprint density at radius 1 is 1.25 bits per heavy atom. The third kappa shape index (κ3) is 5.76. The number of halogens is 1. The summed E-state index contributed by atoms with van der Waals surface area (Å²) >= 11 is 0. The van der Waals surface area contributed by atoms with Crippen molar-refractivity contribution >= 4 is 39.9 Å². The Bertz CT molecular complexity index is 1140. The zero-order valence-electron chi connectivity index (χ0n) is 17.3. The molecule has 0 bridgehead atoms. The molecule has 0 fully saturated rings. The highest BCUT2D eigenvalue weighted by Crippen LogP contribution is 2.34. The van der Waals surface area contributed by atoms with E-state index in [0.29, 0.717) is 40.3 Å². The third-order valence-corrected chi connectivity index (χ3v) is 4.52. The maximum absolute atomic E-state index is 13.2. The number of amides is 2. The van der Waals surface area contributed by atoms with Crippen LogP contribution in [0.5, 0.6) is 5.75 Å². The van der Waals surface area contributed by atoms with Crippen molar-refractivity contribution in [1.82, 2.24) is 15.4 Å². The Balaban J connectivity index is 1.95. The SMILES string of the molecule is C=CC(=O)Nc1cc2c(Nc3ccc(F)cc3)ncnc2cc1OC(C)CCC(=O)NO. The summed E-state index contributed by atoms with van der Waals surface area (Å²) < 4.78 is 19.1. The lowest BCUT2D eigenvalue weighted by Gasteiger charge is -2.19. The molecule has 9 nitrogen and oxygen atoms in total. The summed E-state index contributed by atoms with van der Waals surface area (Å²) in [6.45, 7) is 5.22. The molecule has 3 aromatic rings. The molecule has 2 amide bonds. The Kier molecular flexibility index (Phi) is 7.29. The summed E-state index contributed by atoms with van der Waals surface area (Å²) in [7, 11) is 0. The molecule has 1 atom stereocenters. The Morgan fingerprint density at radius 3 is 2.69 bits per heavy atom. The molecule has 0 aliphatic carbocycles. The number of anilines is 3. The van der Waals surface area contributed by atoms with Crippen LogP contribution in [0.25, 0.3) is 10.9 Å². The van der Waals surface area contributed by atoms with E-state index in [-0.39, 0.29) is 12.2 Å². The first-order chi connectivity index (χ1) is 15.4. The lowest BCUT2D eigenvalue weighted by molar-refractivity contribution is -0.129. The van der Waals surface area contributed by atoms with Crippen molar-refractivity contribution in [2.75, 3.05) is 10.6 Å². The van der Waals surface area contributed by atoms with Gasteiger partial charge < -0.3 is 15.4 Å². The first-order valence-corrected chi connectivity index (χ1v) is 9.74. The van der Waals surface area contributed by atoms with Gasteiger partial charge in [0.25, 0.3) is 0 Å². The predicted molar refractivity (Wildman–Crippen MR) is 117 cm³/mol. The lowest BCUT2D eigenvalue weighted by atomic mass is 10.1. The van der Waals surface area contributed by atoms with E-state index < -0.39 is 17.9 Å². The number of benzene rings is 2. The van der Waals surface area contributed by atoms with E-state index in [0.717, 1.165) is 6.08 Å². The number of hydrogen-bond acceptors (Lipinski definition) is 7. The number of hydrogen-bond donors (Lipinski definition) is 4. The van der Waals surface area contributed by atoms with E-state index in [1.54, 1.807) is 36.7 Å². The Morgan fingerprint density at radius 2 is 2.00 bits per heavy atom. The number of nitrogens with zero attached hydrogens (tertiary/aromatic N) is 2. The summed E-state index contributed by atoms with van der Waals surface area (Å²) in [4.78, 5) is 31.8. The van der Waals surface area contributed by atoms with Crippen molar-refractivity contribution in [3.8, 4) is 5.75 Å². The van der Waals surface area contributed by atoms with Crippen molar-refractivity contribution in [3.63, 3.8) is 0 Å².